The maximum Gasteiger partial charge on any atom is 0.243 e. The Labute approximate surface area is 170 Å². The van der Waals surface area contributed by atoms with Gasteiger partial charge in [-0.3, -0.25) is 9.69 Å². The topological polar surface area (TPSA) is 69.7 Å². The Balaban J connectivity index is 2.16. The van der Waals surface area contributed by atoms with Gasteiger partial charge in [-0.1, -0.05) is 6.07 Å². The van der Waals surface area contributed by atoms with E-state index in [1.807, 2.05) is 66.4 Å². The summed E-state index contributed by atoms with van der Waals surface area (Å²) in [4.78, 5) is 14.9. The van der Waals surface area contributed by atoms with E-state index < -0.39 is 10.0 Å². The van der Waals surface area contributed by atoms with Crippen molar-refractivity contribution in [3.63, 3.8) is 0 Å². The number of rotatable bonds is 4. The highest BCUT2D eigenvalue weighted by Gasteiger charge is 2.34. The van der Waals surface area contributed by atoms with Crippen LogP contribution < -0.4 is 5.32 Å². The van der Waals surface area contributed by atoms with Crippen molar-refractivity contribution in [2.24, 2.45) is 0 Å². The molecular formula is C21H35N3O3S. The van der Waals surface area contributed by atoms with Gasteiger partial charge in [0.25, 0.3) is 0 Å². The number of nitrogens with one attached hydrogen (secondary N) is 1. The summed E-state index contributed by atoms with van der Waals surface area (Å²) in [6, 6.07) is 1.76. The first-order valence-electron chi connectivity index (χ1n) is 9.89. The highest BCUT2D eigenvalue weighted by atomic mass is 32.2. The van der Waals surface area contributed by atoms with E-state index in [9.17, 15) is 13.2 Å². The zero-order valence-corrected chi connectivity index (χ0v) is 19.3. The molecule has 158 valence electrons. The summed E-state index contributed by atoms with van der Waals surface area (Å²) in [6.07, 6.45) is 0. The van der Waals surface area contributed by atoms with Gasteiger partial charge < -0.3 is 5.32 Å². The minimum absolute atomic E-state index is 0.0233. The molecule has 1 fully saturated rings. The molecule has 1 aromatic rings. The molecule has 0 bridgehead atoms. The third-order valence-corrected chi connectivity index (χ3v) is 7.77. The van der Waals surface area contributed by atoms with E-state index in [-0.39, 0.29) is 17.5 Å². The molecule has 1 aliphatic rings. The van der Waals surface area contributed by atoms with E-state index in [0.29, 0.717) is 31.1 Å². The molecule has 0 aliphatic carbocycles. The fourth-order valence-electron chi connectivity index (χ4n) is 3.67. The first-order valence-corrected chi connectivity index (χ1v) is 11.3. The SMILES string of the molecule is Cc1cc(C)c(C)c(S(=O)(=O)N2CCN(C(C)C(=O)NC(C)(C)C)CC2)c1C. The second kappa shape index (κ2) is 8.13. The molecule has 0 aromatic heterocycles. The van der Waals surface area contributed by atoms with E-state index >= 15 is 0 Å². The first kappa shape index (κ1) is 22.8. The van der Waals surface area contributed by atoms with Crippen molar-refractivity contribution < 1.29 is 13.2 Å². The van der Waals surface area contributed by atoms with Gasteiger partial charge in [0.1, 0.15) is 0 Å². The van der Waals surface area contributed by atoms with Gasteiger partial charge in [-0.05, 0) is 77.6 Å². The number of carbonyl (C=O) groups excluding carboxylic acids is 1. The summed E-state index contributed by atoms with van der Waals surface area (Å²) in [5, 5.41) is 3.00. The Bertz CT molecular complexity index is 822. The Morgan fingerprint density at radius 3 is 1.89 bits per heavy atom. The molecule has 1 aliphatic heterocycles. The molecule has 1 heterocycles. The van der Waals surface area contributed by atoms with E-state index in [2.05, 4.69) is 5.32 Å². The molecule has 0 saturated carbocycles. The Morgan fingerprint density at radius 2 is 1.46 bits per heavy atom. The lowest BCUT2D eigenvalue weighted by atomic mass is 10.0. The molecule has 6 nitrogen and oxygen atoms in total. The summed E-state index contributed by atoms with van der Waals surface area (Å²) < 4.78 is 28.3. The minimum atomic E-state index is -3.56. The fraction of sp³-hybridized carbons (Fsp3) is 0.667. The van der Waals surface area contributed by atoms with Crippen LogP contribution in [0.25, 0.3) is 0 Å². The fourth-order valence-corrected chi connectivity index (χ4v) is 5.67. The zero-order chi connectivity index (χ0) is 21.4. The van der Waals surface area contributed by atoms with Crippen LogP contribution in [0.2, 0.25) is 0 Å². The number of nitrogens with zero attached hydrogens (tertiary/aromatic N) is 2. The van der Waals surface area contributed by atoms with Crippen molar-refractivity contribution in [2.75, 3.05) is 26.2 Å². The van der Waals surface area contributed by atoms with Crippen molar-refractivity contribution in [3.05, 3.63) is 28.3 Å². The molecule has 1 saturated heterocycles. The molecule has 2 rings (SSSR count). The highest BCUT2D eigenvalue weighted by molar-refractivity contribution is 7.89. The monoisotopic (exact) mass is 409 g/mol. The third-order valence-electron chi connectivity index (χ3n) is 5.59. The van der Waals surface area contributed by atoms with Crippen LogP contribution in [0, 0.1) is 27.7 Å². The summed E-state index contributed by atoms with van der Waals surface area (Å²) in [7, 11) is -3.56. The van der Waals surface area contributed by atoms with Gasteiger partial charge in [0, 0.05) is 31.7 Å². The van der Waals surface area contributed by atoms with Gasteiger partial charge >= 0.3 is 0 Å². The number of piperazine rings is 1. The highest BCUT2D eigenvalue weighted by Crippen LogP contribution is 2.29. The number of hydrogen-bond donors (Lipinski definition) is 1. The largest absolute Gasteiger partial charge is 0.350 e. The molecule has 1 amide bonds. The Kier molecular flexibility index (Phi) is 6.63. The van der Waals surface area contributed by atoms with Crippen molar-refractivity contribution in [2.45, 2.75) is 71.9 Å². The van der Waals surface area contributed by atoms with E-state index in [1.165, 1.54) is 0 Å². The lowest BCUT2D eigenvalue weighted by Gasteiger charge is -2.38. The number of sulfonamides is 1. The molecule has 28 heavy (non-hydrogen) atoms. The van der Waals surface area contributed by atoms with E-state index in [1.54, 1.807) is 4.31 Å². The normalized spacial score (nSPS) is 18.1. The molecule has 1 atom stereocenters. The Morgan fingerprint density at radius 1 is 1.00 bits per heavy atom. The van der Waals surface area contributed by atoms with Crippen LogP contribution in [0.5, 0.6) is 0 Å². The van der Waals surface area contributed by atoms with Crippen LogP contribution in [-0.2, 0) is 14.8 Å². The number of aryl methyl sites for hydroxylation is 2. The van der Waals surface area contributed by atoms with Gasteiger partial charge in [0.15, 0.2) is 0 Å². The standard InChI is InChI=1S/C21H35N3O3S/c1-14-13-15(2)17(4)19(16(14)3)28(26,27)24-11-9-23(10-12-24)18(5)20(25)22-21(6,7)8/h13,18H,9-12H2,1-8H3,(H,22,25). The maximum atomic E-state index is 13.4. The smallest absolute Gasteiger partial charge is 0.243 e. The quantitative estimate of drug-likeness (QED) is 0.830. The minimum Gasteiger partial charge on any atom is -0.350 e. The number of amides is 1. The number of benzene rings is 1. The van der Waals surface area contributed by atoms with Gasteiger partial charge in [-0.15, -0.1) is 0 Å². The van der Waals surface area contributed by atoms with Gasteiger partial charge in [-0.25, -0.2) is 8.42 Å². The summed E-state index contributed by atoms with van der Waals surface area (Å²) in [5.41, 5.74) is 3.35. The third kappa shape index (κ3) is 4.75. The predicted molar refractivity (Wildman–Crippen MR) is 113 cm³/mol. The first-order chi connectivity index (χ1) is 12.8. The second-order valence-electron chi connectivity index (χ2n) is 8.94. The molecule has 1 aromatic carbocycles. The van der Waals surface area contributed by atoms with E-state index in [0.717, 1.165) is 22.3 Å². The zero-order valence-electron chi connectivity index (χ0n) is 18.5. The lowest BCUT2D eigenvalue weighted by molar-refractivity contribution is -0.127. The number of hydrogen-bond acceptors (Lipinski definition) is 4. The predicted octanol–water partition coefficient (Wildman–Crippen LogP) is 2.53. The molecule has 1 unspecified atom stereocenters. The van der Waals surface area contributed by atoms with Crippen LogP contribution in [0.15, 0.2) is 11.0 Å². The van der Waals surface area contributed by atoms with Crippen LogP contribution >= 0.6 is 0 Å². The van der Waals surface area contributed by atoms with Gasteiger partial charge in [0.05, 0.1) is 10.9 Å². The molecule has 0 radical (unpaired) electrons. The summed E-state index contributed by atoms with van der Waals surface area (Å²) in [6.45, 7) is 17.3. The average molecular weight is 410 g/mol. The second-order valence-corrected chi connectivity index (χ2v) is 10.8. The molecule has 1 N–H and O–H groups in total. The lowest BCUT2D eigenvalue weighted by Crippen LogP contribution is -2.56. The maximum absolute atomic E-state index is 13.4. The van der Waals surface area contributed by atoms with Crippen molar-refractivity contribution in [3.8, 4) is 0 Å². The summed E-state index contributed by atoms with van der Waals surface area (Å²) >= 11 is 0. The average Bonchev–Trinajstić information content (AvgIpc) is 2.58. The molecular weight excluding hydrogens is 374 g/mol. The van der Waals surface area contributed by atoms with Crippen molar-refractivity contribution >= 4 is 15.9 Å². The Hall–Kier alpha value is -1.44. The van der Waals surface area contributed by atoms with Crippen LogP contribution in [0.4, 0.5) is 0 Å². The van der Waals surface area contributed by atoms with Crippen LogP contribution in [0.1, 0.15) is 49.9 Å². The molecule has 7 heteroatoms. The van der Waals surface area contributed by atoms with Crippen LogP contribution in [-0.4, -0.2) is 61.3 Å². The van der Waals surface area contributed by atoms with Gasteiger partial charge in [0.2, 0.25) is 15.9 Å². The van der Waals surface area contributed by atoms with Crippen LogP contribution in [0.3, 0.4) is 0 Å². The molecule has 0 spiro atoms. The summed E-state index contributed by atoms with van der Waals surface area (Å²) in [5.74, 6) is -0.0233. The van der Waals surface area contributed by atoms with Gasteiger partial charge in [-0.2, -0.15) is 4.31 Å². The van der Waals surface area contributed by atoms with E-state index in [4.69, 9.17) is 0 Å². The number of carbonyl (C=O) groups is 1. The van der Waals surface area contributed by atoms with Crippen molar-refractivity contribution in [1.82, 2.24) is 14.5 Å². The van der Waals surface area contributed by atoms with Crippen molar-refractivity contribution in [1.29, 1.82) is 0 Å².